The largest absolute Gasteiger partial charge is 0.456 e. The average molecular weight is 436 g/mol. The van der Waals surface area contributed by atoms with E-state index < -0.39 is 48.6 Å². The van der Waals surface area contributed by atoms with E-state index in [-0.39, 0.29) is 0 Å². The first kappa shape index (κ1) is 24.5. The topological polar surface area (TPSA) is 118 Å². The number of esters is 3. The summed E-state index contributed by atoms with van der Waals surface area (Å²) in [7, 11) is 0. The lowest BCUT2D eigenvalue weighted by Crippen LogP contribution is -2.58. The van der Waals surface area contributed by atoms with Gasteiger partial charge in [0.25, 0.3) is 0 Å². The van der Waals surface area contributed by atoms with Crippen molar-refractivity contribution in [1.82, 2.24) is 0 Å². The summed E-state index contributed by atoms with van der Waals surface area (Å²) in [5.41, 5.74) is 2.37. The maximum absolute atomic E-state index is 11.7. The van der Waals surface area contributed by atoms with Crippen molar-refractivity contribution in [2.24, 2.45) is 0 Å². The summed E-state index contributed by atoms with van der Waals surface area (Å²) in [4.78, 5) is 34.8. The molecule has 1 aliphatic heterocycles. The van der Waals surface area contributed by atoms with Crippen LogP contribution in [-0.4, -0.2) is 54.2 Å². The van der Waals surface area contributed by atoms with Gasteiger partial charge in [0.15, 0.2) is 12.2 Å². The van der Waals surface area contributed by atoms with E-state index >= 15 is 0 Å². The van der Waals surface area contributed by atoms with E-state index in [2.05, 4.69) is 6.58 Å². The Morgan fingerprint density at radius 1 is 1.06 bits per heavy atom. The molecule has 1 unspecified atom stereocenters. The Bertz CT molecular complexity index is 819. The number of hydrogen-bond donors (Lipinski definition) is 1. The van der Waals surface area contributed by atoms with E-state index in [0.29, 0.717) is 18.8 Å². The van der Waals surface area contributed by atoms with Gasteiger partial charge in [-0.05, 0) is 23.6 Å². The van der Waals surface area contributed by atoms with E-state index in [1.807, 2.05) is 13.0 Å². The van der Waals surface area contributed by atoms with Crippen molar-refractivity contribution in [3.8, 4) is 0 Å². The zero-order chi connectivity index (χ0) is 23.1. The van der Waals surface area contributed by atoms with Crippen molar-refractivity contribution in [1.29, 1.82) is 0 Å². The van der Waals surface area contributed by atoms with Gasteiger partial charge in [0.2, 0.25) is 6.29 Å². The summed E-state index contributed by atoms with van der Waals surface area (Å²) in [6.45, 7) is 9.69. The van der Waals surface area contributed by atoms with Crippen molar-refractivity contribution in [3.63, 3.8) is 0 Å². The van der Waals surface area contributed by atoms with Crippen molar-refractivity contribution in [2.45, 2.75) is 65.0 Å². The fraction of sp³-hybridized carbons (Fsp3) is 0.500. The van der Waals surface area contributed by atoms with Crippen LogP contribution < -0.4 is 0 Å². The summed E-state index contributed by atoms with van der Waals surface area (Å²) in [5, 5.41) is 10.9. The quantitative estimate of drug-likeness (QED) is 0.282. The van der Waals surface area contributed by atoms with Gasteiger partial charge in [-0.15, -0.1) is 6.58 Å². The molecule has 1 saturated heterocycles. The van der Waals surface area contributed by atoms with E-state index in [1.54, 1.807) is 18.2 Å². The minimum absolute atomic E-state index is 0.308. The summed E-state index contributed by atoms with van der Waals surface area (Å²) in [5.74, 6) is -2.07. The Balaban J connectivity index is 2.43. The zero-order valence-electron chi connectivity index (χ0n) is 18.0. The highest BCUT2D eigenvalue weighted by Crippen LogP contribution is 2.37. The molecule has 0 amide bonds. The molecule has 1 aromatic rings. The minimum atomic E-state index is -1.50. The minimum Gasteiger partial charge on any atom is -0.456 e. The Morgan fingerprint density at radius 3 is 2.26 bits per heavy atom. The molecule has 0 spiro atoms. The van der Waals surface area contributed by atoms with Crippen molar-refractivity contribution >= 4 is 17.9 Å². The molecule has 0 saturated carbocycles. The van der Waals surface area contributed by atoms with E-state index in [0.717, 1.165) is 25.0 Å². The second kappa shape index (κ2) is 11.0. The summed E-state index contributed by atoms with van der Waals surface area (Å²) < 4.78 is 27.0. The van der Waals surface area contributed by atoms with E-state index in [9.17, 15) is 19.5 Å². The molecule has 1 aliphatic rings. The third-order valence-corrected chi connectivity index (χ3v) is 4.60. The first-order valence-electron chi connectivity index (χ1n) is 9.77. The Hall–Kier alpha value is -2.75. The van der Waals surface area contributed by atoms with Crippen molar-refractivity contribution in [3.05, 3.63) is 47.5 Å². The zero-order valence-corrected chi connectivity index (χ0v) is 18.0. The first-order valence-corrected chi connectivity index (χ1v) is 9.77. The van der Waals surface area contributed by atoms with Gasteiger partial charge in [0, 0.05) is 20.8 Å². The molecule has 2 rings (SSSR count). The lowest BCUT2D eigenvalue weighted by atomic mass is 9.91. The second-order valence-corrected chi connectivity index (χ2v) is 7.16. The molecule has 170 valence electrons. The Kier molecular flexibility index (Phi) is 8.73. The lowest BCUT2D eigenvalue weighted by molar-refractivity contribution is -0.296. The highest BCUT2D eigenvalue weighted by Gasteiger charge is 2.51. The van der Waals surface area contributed by atoms with E-state index in [4.69, 9.17) is 23.7 Å². The molecule has 0 bridgehead atoms. The Morgan fingerprint density at radius 2 is 1.68 bits per heavy atom. The number of aliphatic hydroxyl groups excluding tert-OH is 1. The smallest absolute Gasteiger partial charge is 0.305 e. The number of ether oxygens (including phenoxy) is 5. The molecule has 0 aliphatic carbocycles. The van der Waals surface area contributed by atoms with Gasteiger partial charge < -0.3 is 28.8 Å². The molecule has 1 fully saturated rings. The maximum Gasteiger partial charge on any atom is 0.305 e. The van der Waals surface area contributed by atoms with Gasteiger partial charge in [0.05, 0.1) is 13.2 Å². The molecule has 1 N–H and O–H groups in total. The number of rotatable bonds is 8. The Labute approximate surface area is 180 Å². The van der Waals surface area contributed by atoms with Crippen LogP contribution in [0.25, 0.3) is 0 Å². The number of aryl methyl sites for hydroxylation is 1. The van der Waals surface area contributed by atoms with Crippen molar-refractivity contribution < 1.29 is 43.2 Å². The molecule has 1 aromatic carbocycles. The van der Waals surface area contributed by atoms with Gasteiger partial charge in [-0.2, -0.15) is 0 Å². The molecule has 1 heterocycles. The number of hydrogen-bond acceptors (Lipinski definition) is 9. The van der Waals surface area contributed by atoms with Crippen LogP contribution in [0.15, 0.2) is 30.9 Å². The third kappa shape index (κ3) is 6.61. The number of carbonyl (C=O) groups excluding carboxylic acids is 3. The van der Waals surface area contributed by atoms with Gasteiger partial charge in [-0.25, -0.2) is 0 Å². The molecule has 0 aromatic heterocycles. The molecule has 5 atom stereocenters. The molecule has 9 nitrogen and oxygen atoms in total. The fourth-order valence-electron chi connectivity index (χ4n) is 3.27. The fourth-order valence-corrected chi connectivity index (χ4v) is 3.27. The normalized spacial score (nSPS) is 25.4. The number of aliphatic hydroxyl groups is 1. The van der Waals surface area contributed by atoms with Crippen LogP contribution >= 0.6 is 0 Å². The molecule has 0 radical (unpaired) electrons. The molecule has 9 heteroatoms. The van der Waals surface area contributed by atoms with Crippen LogP contribution in [0, 0.1) is 6.92 Å². The summed E-state index contributed by atoms with van der Waals surface area (Å²) >= 11 is 0. The summed E-state index contributed by atoms with van der Waals surface area (Å²) in [6, 6.07) is 5.38. The summed E-state index contributed by atoms with van der Waals surface area (Å²) in [6.07, 6.45) is -4.84. The molecular formula is C22H28O9. The van der Waals surface area contributed by atoms with E-state index in [1.165, 1.54) is 6.92 Å². The number of benzene rings is 1. The number of carbonyl (C=O) groups is 3. The lowest BCUT2D eigenvalue weighted by Gasteiger charge is -2.42. The van der Waals surface area contributed by atoms with Gasteiger partial charge in [0.1, 0.15) is 12.2 Å². The molecular weight excluding hydrogens is 408 g/mol. The maximum atomic E-state index is 11.7. The van der Waals surface area contributed by atoms with Crippen LogP contribution in [0.3, 0.4) is 0 Å². The second-order valence-electron chi connectivity index (χ2n) is 7.16. The van der Waals surface area contributed by atoms with Crippen LogP contribution in [0.4, 0.5) is 0 Å². The van der Waals surface area contributed by atoms with Crippen LogP contribution in [0.1, 0.15) is 43.6 Å². The first-order chi connectivity index (χ1) is 14.6. The predicted octanol–water partition coefficient (Wildman–Crippen LogP) is 1.88. The standard InChI is InChI=1S/C22H28O9/c1-6-9-27-11-17-10-16(8-7-12(17)2)19-20(28-13(3)23)18(26)21(29-14(4)24)22(31-19)30-15(5)25/h6-8,10,18-22,26H,1,9,11H2,2-5H3/t18-,19+,20-,21+,22?/m1/s1. The van der Waals surface area contributed by atoms with Crippen LogP contribution in [0.2, 0.25) is 0 Å². The highest BCUT2D eigenvalue weighted by molar-refractivity contribution is 5.68. The van der Waals surface area contributed by atoms with Gasteiger partial charge >= 0.3 is 17.9 Å². The van der Waals surface area contributed by atoms with Crippen LogP contribution in [0.5, 0.6) is 0 Å². The van der Waals surface area contributed by atoms with Gasteiger partial charge in [-0.3, -0.25) is 14.4 Å². The monoisotopic (exact) mass is 436 g/mol. The molecule has 31 heavy (non-hydrogen) atoms. The highest BCUT2D eigenvalue weighted by atomic mass is 16.7. The average Bonchev–Trinajstić information content (AvgIpc) is 2.67. The van der Waals surface area contributed by atoms with Crippen molar-refractivity contribution in [2.75, 3.05) is 6.61 Å². The third-order valence-electron chi connectivity index (χ3n) is 4.60. The van der Waals surface area contributed by atoms with Gasteiger partial charge in [-0.1, -0.05) is 24.3 Å². The SMILES string of the molecule is C=CCOCc1cc([C@@H]2OC(OC(C)=O)[C@@H](OC(C)=O)[C@H](O)[C@H]2OC(C)=O)ccc1C. The predicted molar refractivity (Wildman–Crippen MR) is 108 cm³/mol. The van der Waals surface area contributed by atoms with Crippen LogP contribution in [-0.2, 0) is 44.7 Å².